The van der Waals surface area contributed by atoms with Gasteiger partial charge < -0.3 is 20.0 Å². The molecule has 1 aromatic carbocycles. The summed E-state index contributed by atoms with van der Waals surface area (Å²) in [6.45, 7) is 2.22. The molecule has 4 aromatic heterocycles. The quantitative estimate of drug-likeness (QED) is 0.313. The van der Waals surface area contributed by atoms with Crippen molar-refractivity contribution < 1.29 is 9.21 Å². The van der Waals surface area contributed by atoms with Crippen molar-refractivity contribution >= 4 is 22.5 Å². The molecule has 2 atom stereocenters. The van der Waals surface area contributed by atoms with Crippen LogP contribution in [0.15, 0.2) is 76.5 Å². The lowest BCUT2D eigenvalue weighted by atomic mass is 10.2. The number of hydrogen-bond donors (Lipinski definition) is 3. The van der Waals surface area contributed by atoms with Gasteiger partial charge in [-0.3, -0.25) is 19.1 Å². The number of H-pyrrole nitrogens is 1. The Bertz CT molecular complexity index is 1600. The highest BCUT2D eigenvalue weighted by molar-refractivity contribution is 5.82. The van der Waals surface area contributed by atoms with Gasteiger partial charge in [0.2, 0.25) is 11.8 Å². The number of aromatic nitrogens is 5. The Balaban J connectivity index is 1.17. The Morgan fingerprint density at radius 2 is 2.11 bits per heavy atom. The molecule has 0 bridgehead atoms. The first-order valence-corrected chi connectivity index (χ1v) is 12.1. The number of aromatic amines is 1. The first kappa shape index (κ1) is 22.7. The summed E-state index contributed by atoms with van der Waals surface area (Å²) >= 11 is 0. The highest BCUT2D eigenvalue weighted by Crippen LogP contribution is 2.26. The Morgan fingerprint density at radius 3 is 2.95 bits per heavy atom. The van der Waals surface area contributed by atoms with Crippen molar-refractivity contribution in [3.63, 3.8) is 0 Å². The number of oxazole rings is 1. The van der Waals surface area contributed by atoms with Crippen LogP contribution in [0.5, 0.6) is 0 Å². The second-order valence-corrected chi connectivity index (χ2v) is 9.10. The number of hydrogen-bond acceptors (Lipinski definition) is 7. The van der Waals surface area contributed by atoms with Crippen molar-refractivity contribution in [3.05, 3.63) is 94.9 Å². The van der Waals surface area contributed by atoms with Crippen LogP contribution in [0.2, 0.25) is 0 Å². The number of aryl methyl sites for hydroxylation is 1. The van der Waals surface area contributed by atoms with Gasteiger partial charge in [0.1, 0.15) is 29.5 Å². The van der Waals surface area contributed by atoms with E-state index in [1.54, 1.807) is 18.7 Å². The van der Waals surface area contributed by atoms with Crippen LogP contribution in [0.25, 0.3) is 22.4 Å². The highest BCUT2D eigenvalue weighted by atomic mass is 16.3. The van der Waals surface area contributed by atoms with Crippen molar-refractivity contribution in [2.24, 2.45) is 0 Å². The molecule has 5 aromatic rings. The molecule has 0 radical (unpaired) electrons. The molecule has 1 aliphatic rings. The number of rotatable bonds is 7. The molecule has 0 spiro atoms. The maximum absolute atomic E-state index is 13.4. The minimum Gasteiger partial charge on any atom is -0.444 e. The number of nitrogens with zero attached hydrogens (tertiary/aromatic N) is 4. The minimum absolute atomic E-state index is 0.214. The van der Waals surface area contributed by atoms with Gasteiger partial charge in [0, 0.05) is 41.0 Å². The third-order valence-electron chi connectivity index (χ3n) is 6.61. The van der Waals surface area contributed by atoms with E-state index in [4.69, 9.17) is 4.42 Å². The molecule has 37 heavy (non-hydrogen) atoms. The standard InChI is InChI=1S/C27H25N7O3/c1-16(22-15-37-26(33-22)17-5-3-2-4-6-17)31-21-14-29-24-8-7-23(34(24)27(21)36)25(35)30-13-19-11-18-12-28-10-9-20(18)32-19/h2-6,9-12,14-16,23,31-32H,7-8,13H2,1H3,(H,30,35)/t16-,23+/m1/s1. The Kier molecular flexibility index (Phi) is 5.76. The molecule has 1 amide bonds. The zero-order valence-electron chi connectivity index (χ0n) is 20.1. The number of nitrogens with one attached hydrogen (secondary N) is 3. The van der Waals surface area contributed by atoms with Crippen LogP contribution in [0.4, 0.5) is 5.69 Å². The van der Waals surface area contributed by atoms with Gasteiger partial charge in [-0.05, 0) is 37.6 Å². The third-order valence-corrected chi connectivity index (χ3v) is 6.61. The zero-order valence-corrected chi connectivity index (χ0v) is 20.1. The second kappa shape index (κ2) is 9.38. The molecule has 5 heterocycles. The molecule has 3 N–H and O–H groups in total. The molecule has 0 saturated carbocycles. The predicted molar refractivity (Wildman–Crippen MR) is 138 cm³/mol. The monoisotopic (exact) mass is 495 g/mol. The number of carbonyl (C=O) groups excluding carboxylic acids is 1. The second-order valence-electron chi connectivity index (χ2n) is 9.10. The van der Waals surface area contributed by atoms with E-state index in [9.17, 15) is 9.59 Å². The summed E-state index contributed by atoms with van der Waals surface area (Å²) in [5, 5.41) is 7.12. The molecular weight excluding hydrogens is 470 g/mol. The number of fused-ring (bicyclic) bond motifs is 2. The first-order chi connectivity index (χ1) is 18.1. The number of benzene rings is 1. The molecule has 0 unspecified atom stereocenters. The normalized spacial score (nSPS) is 15.4. The molecule has 0 aliphatic carbocycles. The van der Waals surface area contributed by atoms with E-state index in [1.807, 2.05) is 49.4 Å². The SMILES string of the molecule is C[C@@H](Nc1cnc2n(c1=O)[C@H](C(=O)NCc1cc3cnccc3[nH]1)CC2)c1coc(-c2ccccc2)n1. The maximum atomic E-state index is 13.4. The molecule has 186 valence electrons. The van der Waals surface area contributed by atoms with Crippen LogP contribution in [0.1, 0.15) is 42.6 Å². The fourth-order valence-corrected chi connectivity index (χ4v) is 4.69. The molecule has 0 saturated heterocycles. The maximum Gasteiger partial charge on any atom is 0.277 e. The zero-order chi connectivity index (χ0) is 25.4. The van der Waals surface area contributed by atoms with E-state index in [-0.39, 0.29) is 17.5 Å². The van der Waals surface area contributed by atoms with Gasteiger partial charge in [0.05, 0.1) is 18.8 Å². The van der Waals surface area contributed by atoms with Crippen LogP contribution in [-0.2, 0) is 17.8 Å². The first-order valence-electron chi connectivity index (χ1n) is 12.1. The van der Waals surface area contributed by atoms with Crippen LogP contribution < -0.4 is 16.2 Å². The average molecular weight is 496 g/mol. The third kappa shape index (κ3) is 4.37. The number of carbonyl (C=O) groups is 1. The van der Waals surface area contributed by atoms with Gasteiger partial charge >= 0.3 is 0 Å². The summed E-state index contributed by atoms with van der Waals surface area (Å²) in [7, 11) is 0. The lowest BCUT2D eigenvalue weighted by molar-refractivity contribution is -0.124. The molecule has 1 aliphatic heterocycles. The van der Waals surface area contributed by atoms with Crippen molar-refractivity contribution in [3.8, 4) is 11.5 Å². The van der Waals surface area contributed by atoms with Crippen LogP contribution in [0.3, 0.4) is 0 Å². The number of pyridine rings is 1. The van der Waals surface area contributed by atoms with E-state index in [0.717, 1.165) is 22.2 Å². The summed E-state index contributed by atoms with van der Waals surface area (Å²) in [4.78, 5) is 42.9. The summed E-state index contributed by atoms with van der Waals surface area (Å²) < 4.78 is 7.13. The minimum atomic E-state index is -0.616. The molecular formula is C27H25N7O3. The fraction of sp³-hybridized carbons (Fsp3) is 0.222. The van der Waals surface area contributed by atoms with E-state index in [1.165, 1.54) is 10.8 Å². The predicted octanol–water partition coefficient (Wildman–Crippen LogP) is 3.75. The van der Waals surface area contributed by atoms with E-state index < -0.39 is 6.04 Å². The summed E-state index contributed by atoms with van der Waals surface area (Å²) in [6.07, 6.45) is 7.68. The van der Waals surface area contributed by atoms with Gasteiger partial charge in [-0.1, -0.05) is 18.2 Å². The van der Waals surface area contributed by atoms with Gasteiger partial charge in [0.25, 0.3) is 5.56 Å². The molecule has 0 fully saturated rings. The van der Waals surface area contributed by atoms with Crippen LogP contribution in [-0.4, -0.2) is 30.4 Å². The van der Waals surface area contributed by atoms with Gasteiger partial charge in [-0.2, -0.15) is 0 Å². The van der Waals surface area contributed by atoms with Crippen molar-refractivity contribution in [1.29, 1.82) is 0 Å². The Labute approximate surface area is 211 Å². The van der Waals surface area contributed by atoms with Crippen LogP contribution >= 0.6 is 0 Å². The summed E-state index contributed by atoms with van der Waals surface area (Å²) in [6, 6.07) is 12.5. The lowest BCUT2D eigenvalue weighted by Crippen LogP contribution is -2.36. The smallest absolute Gasteiger partial charge is 0.277 e. The summed E-state index contributed by atoms with van der Waals surface area (Å²) in [5.41, 5.74) is 3.39. The van der Waals surface area contributed by atoms with E-state index in [2.05, 4.69) is 30.6 Å². The van der Waals surface area contributed by atoms with Crippen molar-refractivity contribution in [2.75, 3.05) is 5.32 Å². The van der Waals surface area contributed by atoms with Gasteiger partial charge in [-0.15, -0.1) is 0 Å². The lowest BCUT2D eigenvalue weighted by Gasteiger charge is -2.17. The molecule has 10 nitrogen and oxygen atoms in total. The summed E-state index contributed by atoms with van der Waals surface area (Å²) in [5.74, 6) is 0.900. The topological polar surface area (TPSA) is 131 Å². The van der Waals surface area contributed by atoms with Gasteiger partial charge in [0.15, 0.2) is 0 Å². The average Bonchev–Trinajstić information content (AvgIpc) is 3.67. The molecule has 10 heteroatoms. The molecule has 6 rings (SSSR count). The fourth-order valence-electron chi connectivity index (χ4n) is 4.69. The Hall–Kier alpha value is -4.73. The largest absolute Gasteiger partial charge is 0.444 e. The Morgan fingerprint density at radius 1 is 1.24 bits per heavy atom. The van der Waals surface area contributed by atoms with Crippen molar-refractivity contribution in [1.82, 2.24) is 29.8 Å². The van der Waals surface area contributed by atoms with E-state index in [0.29, 0.717) is 42.5 Å². The number of amides is 1. The van der Waals surface area contributed by atoms with Crippen LogP contribution in [0, 0.1) is 0 Å². The number of anilines is 1. The van der Waals surface area contributed by atoms with Crippen molar-refractivity contribution in [2.45, 2.75) is 38.4 Å². The highest BCUT2D eigenvalue weighted by Gasteiger charge is 2.31. The van der Waals surface area contributed by atoms with Gasteiger partial charge in [-0.25, -0.2) is 9.97 Å². The van der Waals surface area contributed by atoms with E-state index >= 15 is 0 Å².